The molecule has 0 bridgehead atoms. The second kappa shape index (κ2) is 6.15. The van der Waals surface area contributed by atoms with Crippen LogP contribution in [0.5, 0.6) is 0 Å². The summed E-state index contributed by atoms with van der Waals surface area (Å²) in [4.78, 5) is 5.33. The monoisotopic (exact) mass is 344 g/mol. The number of aryl methyl sites for hydroxylation is 1. The topological polar surface area (TPSA) is 24.9 Å². The predicted octanol–water partition coefficient (Wildman–Crippen LogP) is 4.37. The standard InChI is InChI=1S/C13H14BrClN2S/c1-8-5-12(18-13(8)14)11(16-2)6-9-3-4-17-7-10(9)15/h3-5,7,11,16H,6H2,1-2H3. The average molecular weight is 346 g/mol. The Morgan fingerprint density at radius 2 is 2.33 bits per heavy atom. The zero-order valence-electron chi connectivity index (χ0n) is 10.2. The number of aromatic nitrogens is 1. The summed E-state index contributed by atoms with van der Waals surface area (Å²) in [5.41, 5.74) is 2.39. The lowest BCUT2D eigenvalue weighted by Crippen LogP contribution is -2.17. The van der Waals surface area contributed by atoms with Crippen LogP contribution in [0.15, 0.2) is 28.3 Å². The molecule has 0 amide bonds. The van der Waals surface area contributed by atoms with Gasteiger partial charge in [0.25, 0.3) is 0 Å². The van der Waals surface area contributed by atoms with E-state index >= 15 is 0 Å². The fourth-order valence-corrected chi connectivity index (χ4v) is 3.67. The van der Waals surface area contributed by atoms with Gasteiger partial charge in [-0.1, -0.05) is 11.6 Å². The SMILES string of the molecule is CNC(Cc1ccncc1Cl)c1cc(C)c(Br)s1. The van der Waals surface area contributed by atoms with Gasteiger partial charge in [0.2, 0.25) is 0 Å². The molecule has 0 radical (unpaired) electrons. The predicted molar refractivity (Wildman–Crippen MR) is 81.5 cm³/mol. The van der Waals surface area contributed by atoms with Gasteiger partial charge in [0.15, 0.2) is 0 Å². The lowest BCUT2D eigenvalue weighted by molar-refractivity contribution is 0.601. The Balaban J connectivity index is 2.22. The van der Waals surface area contributed by atoms with Crippen LogP contribution in [0.4, 0.5) is 0 Å². The first-order chi connectivity index (χ1) is 8.61. The molecular formula is C13H14BrClN2S. The molecule has 2 nitrogen and oxygen atoms in total. The molecule has 5 heteroatoms. The summed E-state index contributed by atoms with van der Waals surface area (Å²) in [5, 5.41) is 4.07. The van der Waals surface area contributed by atoms with Gasteiger partial charge in [0, 0.05) is 23.3 Å². The molecule has 0 aliphatic rings. The molecule has 0 spiro atoms. The van der Waals surface area contributed by atoms with Gasteiger partial charge in [-0.2, -0.15) is 0 Å². The van der Waals surface area contributed by atoms with Gasteiger partial charge < -0.3 is 5.32 Å². The number of nitrogens with zero attached hydrogens (tertiary/aromatic N) is 1. The van der Waals surface area contributed by atoms with Crippen LogP contribution in [0.2, 0.25) is 5.02 Å². The first-order valence-electron chi connectivity index (χ1n) is 5.63. The maximum atomic E-state index is 6.15. The van der Waals surface area contributed by atoms with Crippen molar-refractivity contribution >= 4 is 38.9 Å². The molecule has 0 saturated carbocycles. The Bertz CT molecular complexity index is 522. The molecule has 0 aromatic carbocycles. The summed E-state index contributed by atoms with van der Waals surface area (Å²) in [6, 6.07) is 4.47. The van der Waals surface area contributed by atoms with Crippen molar-refractivity contribution in [2.75, 3.05) is 7.05 Å². The van der Waals surface area contributed by atoms with Gasteiger partial charge in [-0.05, 0) is 59.6 Å². The van der Waals surface area contributed by atoms with Gasteiger partial charge in [0.05, 0.1) is 8.81 Å². The highest BCUT2D eigenvalue weighted by Gasteiger charge is 2.15. The third-order valence-electron chi connectivity index (χ3n) is 2.85. The van der Waals surface area contributed by atoms with Crippen molar-refractivity contribution in [2.24, 2.45) is 0 Å². The van der Waals surface area contributed by atoms with E-state index in [-0.39, 0.29) is 6.04 Å². The molecule has 0 aliphatic heterocycles. The van der Waals surface area contributed by atoms with Crippen LogP contribution in [0.3, 0.4) is 0 Å². The van der Waals surface area contributed by atoms with E-state index in [4.69, 9.17) is 11.6 Å². The van der Waals surface area contributed by atoms with Crippen molar-refractivity contribution in [3.8, 4) is 0 Å². The smallest absolute Gasteiger partial charge is 0.0731 e. The Kier molecular flexibility index (Phi) is 4.78. The van der Waals surface area contributed by atoms with E-state index in [9.17, 15) is 0 Å². The third-order valence-corrected chi connectivity index (χ3v) is 5.44. The average Bonchev–Trinajstić information content (AvgIpc) is 2.68. The van der Waals surface area contributed by atoms with Crippen LogP contribution in [0.25, 0.3) is 0 Å². The Morgan fingerprint density at radius 1 is 1.56 bits per heavy atom. The second-order valence-electron chi connectivity index (χ2n) is 4.12. The third kappa shape index (κ3) is 3.12. The zero-order chi connectivity index (χ0) is 13.1. The van der Waals surface area contributed by atoms with Crippen LogP contribution in [-0.4, -0.2) is 12.0 Å². The molecule has 1 atom stereocenters. The molecule has 2 aromatic rings. The van der Waals surface area contributed by atoms with Gasteiger partial charge in [0.1, 0.15) is 0 Å². The molecule has 2 heterocycles. The molecule has 2 rings (SSSR count). The molecule has 1 unspecified atom stereocenters. The number of halogens is 2. The second-order valence-corrected chi connectivity index (χ2v) is 6.93. The van der Waals surface area contributed by atoms with Crippen LogP contribution >= 0.6 is 38.9 Å². The molecule has 96 valence electrons. The van der Waals surface area contributed by atoms with E-state index in [2.05, 4.69) is 39.2 Å². The van der Waals surface area contributed by atoms with E-state index in [0.29, 0.717) is 0 Å². The Labute approximate surface area is 125 Å². The number of nitrogens with one attached hydrogen (secondary N) is 1. The fraction of sp³-hybridized carbons (Fsp3) is 0.308. The molecule has 0 saturated heterocycles. The highest BCUT2D eigenvalue weighted by atomic mass is 79.9. The molecule has 18 heavy (non-hydrogen) atoms. The summed E-state index contributed by atoms with van der Waals surface area (Å²) in [7, 11) is 1.97. The molecule has 1 N–H and O–H groups in total. The van der Waals surface area contributed by atoms with E-state index in [1.807, 2.05) is 13.1 Å². The van der Waals surface area contributed by atoms with Crippen LogP contribution in [-0.2, 0) is 6.42 Å². The highest BCUT2D eigenvalue weighted by Crippen LogP contribution is 2.33. The highest BCUT2D eigenvalue weighted by molar-refractivity contribution is 9.11. The minimum absolute atomic E-state index is 0.278. The summed E-state index contributed by atoms with van der Waals surface area (Å²) < 4.78 is 1.19. The molecule has 0 aliphatic carbocycles. The number of hydrogen-bond donors (Lipinski definition) is 1. The molecule has 0 fully saturated rings. The van der Waals surface area contributed by atoms with Crippen molar-refractivity contribution < 1.29 is 0 Å². The number of likely N-dealkylation sites (N-methyl/N-ethyl adjacent to an activating group) is 1. The van der Waals surface area contributed by atoms with Crippen molar-refractivity contribution in [3.63, 3.8) is 0 Å². The van der Waals surface area contributed by atoms with Gasteiger partial charge in [-0.15, -0.1) is 11.3 Å². The lowest BCUT2D eigenvalue weighted by Gasteiger charge is -2.15. The Morgan fingerprint density at radius 3 is 2.89 bits per heavy atom. The summed E-state index contributed by atoms with van der Waals surface area (Å²) >= 11 is 11.5. The number of pyridine rings is 1. The van der Waals surface area contributed by atoms with Crippen LogP contribution in [0.1, 0.15) is 22.0 Å². The lowest BCUT2D eigenvalue weighted by atomic mass is 10.1. The number of hydrogen-bond acceptors (Lipinski definition) is 3. The quantitative estimate of drug-likeness (QED) is 0.890. The minimum atomic E-state index is 0.278. The first kappa shape index (κ1) is 14.0. The van der Waals surface area contributed by atoms with E-state index in [1.54, 1.807) is 23.7 Å². The van der Waals surface area contributed by atoms with Crippen LogP contribution < -0.4 is 5.32 Å². The number of rotatable bonds is 4. The van der Waals surface area contributed by atoms with Crippen LogP contribution in [0, 0.1) is 6.92 Å². The van der Waals surface area contributed by atoms with Crippen molar-refractivity contribution in [1.82, 2.24) is 10.3 Å². The van der Waals surface area contributed by atoms with Gasteiger partial charge >= 0.3 is 0 Å². The molecule has 2 aromatic heterocycles. The minimum Gasteiger partial charge on any atom is -0.312 e. The van der Waals surface area contributed by atoms with Crippen molar-refractivity contribution in [1.29, 1.82) is 0 Å². The number of thiophene rings is 1. The summed E-state index contributed by atoms with van der Waals surface area (Å²) in [5.74, 6) is 0. The maximum absolute atomic E-state index is 6.15. The first-order valence-corrected chi connectivity index (χ1v) is 7.62. The Hall–Kier alpha value is -0.420. The summed E-state index contributed by atoms with van der Waals surface area (Å²) in [6.45, 7) is 2.11. The van der Waals surface area contributed by atoms with Crippen molar-refractivity contribution in [2.45, 2.75) is 19.4 Å². The van der Waals surface area contributed by atoms with E-state index < -0.39 is 0 Å². The van der Waals surface area contributed by atoms with Crippen molar-refractivity contribution in [3.05, 3.63) is 49.3 Å². The van der Waals surface area contributed by atoms with Gasteiger partial charge in [-0.25, -0.2) is 0 Å². The summed E-state index contributed by atoms with van der Waals surface area (Å²) in [6.07, 6.45) is 4.34. The van der Waals surface area contributed by atoms with Gasteiger partial charge in [-0.3, -0.25) is 4.98 Å². The fourth-order valence-electron chi connectivity index (χ4n) is 1.79. The van der Waals surface area contributed by atoms with E-state index in [1.165, 1.54) is 14.2 Å². The largest absolute Gasteiger partial charge is 0.312 e. The normalized spacial score (nSPS) is 12.7. The molecular weight excluding hydrogens is 332 g/mol. The zero-order valence-corrected chi connectivity index (χ0v) is 13.4. The van der Waals surface area contributed by atoms with E-state index in [0.717, 1.165) is 17.0 Å². The maximum Gasteiger partial charge on any atom is 0.0731 e.